The number of amides is 1. The van der Waals surface area contributed by atoms with E-state index >= 15 is 0 Å². The lowest BCUT2D eigenvalue weighted by Gasteiger charge is -2.23. The van der Waals surface area contributed by atoms with E-state index in [1.54, 1.807) is 7.11 Å². The summed E-state index contributed by atoms with van der Waals surface area (Å²) in [7, 11) is 1.72. The van der Waals surface area contributed by atoms with Gasteiger partial charge in [0.2, 0.25) is 0 Å². The summed E-state index contributed by atoms with van der Waals surface area (Å²) in [4.78, 5) is 11.5. The number of alkyl carbamates (subject to hydrolysis) is 1. The van der Waals surface area contributed by atoms with Crippen LogP contribution in [0.4, 0.5) is 4.79 Å². The standard InChI is InChI=1S/C22H30ClN3O3/c1-15(11-8-6-7-9-14-24-21(27)29-22(2,3)4)19(28-5)16-12-10-13-17-18(16)20(23)26-25-17/h10,12-13,15,19H,6,8,11,14H2,1-5H3,(H,24,27)(H,25,26). The number of fused-ring (bicyclic) bond motifs is 1. The van der Waals surface area contributed by atoms with E-state index in [2.05, 4.69) is 34.3 Å². The lowest BCUT2D eigenvalue weighted by atomic mass is 9.91. The van der Waals surface area contributed by atoms with Crippen molar-refractivity contribution in [2.75, 3.05) is 13.7 Å². The molecule has 6 nitrogen and oxygen atoms in total. The molecule has 0 aliphatic rings. The summed E-state index contributed by atoms with van der Waals surface area (Å²) in [6.07, 6.45) is 2.13. The number of nitrogens with zero attached hydrogens (tertiary/aromatic N) is 1. The summed E-state index contributed by atoms with van der Waals surface area (Å²) in [5.41, 5.74) is 1.45. The number of carbonyl (C=O) groups is 1. The highest BCUT2D eigenvalue weighted by molar-refractivity contribution is 6.34. The van der Waals surface area contributed by atoms with Crippen molar-refractivity contribution in [3.8, 4) is 11.8 Å². The minimum absolute atomic E-state index is 0.0735. The molecule has 29 heavy (non-hydrogen) atoms. The molecule has 0 aliphatic carbocycles. The van der Waals surface area contributed by atoms with Crippen molar-refractivity contribution in [3.05, 3.63) is 28.9 Å². The second kappa shape index (κ2) is 10.5. The fraction of sp³-hybridized carbons (Fsp3) is 0.545. The van der Waals surface area contributed by atoms with E-state index < -0.39 is 11.7 Å². The maximum atomic E-state index is 11.5. The minimum atomic E-state index is -0.503. The monoisotopic (exact) mass is 419 g/mol. The Morgan fingerprint density at radius 2 is 2.10 bits per heavy atom. The van der Waals surface area contributed by atoms with Crippen LogP contribution in [-0.4, -0.2) is 35.5 Å². The molecule has 1 aromatic heterocycles. The number of unbranched alkanes of at least 4 members (excludes halogenated alkanes) is 1. The summed E-state index contributed by atoms with van der Waals surface area (Å²) >= 11 is 6.26. The molecule has 0 spiro atoms. The predicted molar refractivity (Wildman–Crippen MR) is 116 cm³/mol. The molecule has 1 aromatic carbocycles. The number of benzene rings is 1. The van der Waals surface area contributed by atoms with Gasteiger partial charge in [-0.2, -0.15) is 5.10 Å². The number of hydrogen-bond donors (Lipinski definition) is 2. The first-order chi connectivity index (χ1) is 13.7. The first kappa shape index (κ1) is 23.1. The number of aromatic nitrogens is 2. The summed E-state index contributed by atoms with van der Waals surface area (Å²) in [6.45, 7) is 7.93. The van der Waals surface area contributed by atoms with E-state index in [0.29, 0.717) is 11.1 Å². The van der Waals surface area contributed by atoms with Gasteiger partial charge in [0.05, 0.1) is 18.2 Å². The molecule has 0 saturated carbocycles. The minimum Gasteiger partial charge on any atom is -0.444 e. The molecule has 7 heteroatoms. The van der Waals surface area contributed by atoms with Crippen LogP contribution in [0.1, 0.15) is 58.6 Å². The Kier molecular flexibility index (Phi) is 8.36. The molecule has 0 saturated heterocycles. The highest BCUT2D eigenvalue weighted by atomic mass is 35.5. The van der Waals surface area contributed by atoms with Gasteiger partial charge >= 0.3 is 6.09 Å². The van der Waals surface area contributed by atoms with Crippen molar-refractivity contribution in [3.63, 3.8) is 0 Å². The fourth-order valence-corrected chi connectivity index (χ4v) is 3.46. The Morgan fingerprint density at radius 3 is 2.79 bits per heavy atom. The smallest absolute Gasteiger partial charge is 0.408 e. The summed E-state index contributed by atoms with van der Waals surface area (Å²) in [5.74, 6) is 6.34. The third-order valence-corrected chi connectivity index (χ3v) is 4.73. The van der Waals surface area contributed by atoms with Crippen LogP contribution in [0.2, 0.25) is 5.15 Å². The van der Waals surface area contributed by atoms with Gasteiger partial charge in [-0.05, 0) is 51.2 Å². The van der Waals surface area contributed by atoms with Crippen LogP contribution in [0.5, 0.6) is 0 Å². The molecule has 2 N–H and O–H groups in total. The van der Waals surface area contributed by atoms with Gasteiger partial charge in [0, 0.05) is 18.9 Å². The number of methoxy groups -OCH3 is 1. The summed E-state index contributed by atoms with van der Waals surface area (Å²) < 4.78 is 11.0. The van der Waals surface area contributed by atoms with Gasteiger partial charge in [0.25, 0.3) is 0 Å². The van der Waals surface area contributed by atoms with Crippen molar-refractivity contribution in [2.45, 2.75) is 58.7 Å². The topological polar surface area (TPSA) is 76.2 Å². The Labute approximate surface area is 177 Å². The fourth-order valence-electron chi connectivity index (χ4n) is 3.21. The number of aromatic amines is 1. The van der Waals surface area contributed by atoms with Gasteiger partial charge in [-0.25, -0.2) is 4.79 Å². The maximum Gasteiger partial charge on any atom is 0.408 e. The van der Waals surface area contributed by atoms with Crippen molar-refractivity contribution >= 4 is 28.6 Å². The predicted octanol–water partition coefficient (Wildman–Crippen LogP) is 5.24. The van der Waals surface area contributed by atoms with E-state index in [1.165, 1.54) is 0 Å². The van der Waals surface area contributed by atoms with Crippen LogP contribution < -0.4 is 5.32 Å². The molecular formula is C22H30ClN3O3. The SMILES string of the molecule is COC(c1cccc2[nH]nc(Cl)c12)C(C)CCCC#CCNC(=O)OC(C)(C)C. The van der Waals surface area contributed by atoms with E-state index in [9.17, 15) is 4.79 Å². The molecule has 2 unspecified atom stereocenters. The zero-order valence-corrected chi connectivity index (χ0v) is 18.5. The average molecular weight is 420 g/mol. The Morgan fingerprint density at radius 1 is 1.34 bits per heavy atom. The average Bonchev–Trinajstić information content (AvgIpc) is 3.02. The third kappa shape index (κ3) is 6.95. The molecule has 0 bridgehead atoms. The van der Waals surface area contributed by atoms with E-state index in [1.807, 2.05) is 39.0 Å². The lowest BCUT2D eigenvalue weighted by molar-refractivity contribution is 0.0534. The quantitative estimate of drug-likeness (QED) is 0.475. The van der Waals surface area contributed by atoms with Crippen LogP contribution >= 0.6 is 11.6 Å². The Bertz CT molecular complexity index is 877. The molecule has 158 valence electrons. The van der Waals surface area contributed by atoms with Gasteiger partial charge in [-0.15, -0.1) is 5.92 Å². The van der Waals surface area contributed by atoms with Crippen molar-refractivity contribution < 1.29 is 14.3 Å². The molecule has 1 amide bonds. The normalized spacial score (nSPS) is 13.4. The number of hydrogen-bond acceptors (Lipinski definition) is 4. The Hall–Kier alpha value is -2.23. The Balaban J connectivity index is 1.82. The third-order valence-electron chi connectivity index (χ3n) is 4.46. The second-order valence-electron chi connectivity index (χ2n) is 8.02. The first-order valence-corrected chi connectivity index (χ1v) is 10.2. The largest absolute Gasteiger partial charge is 0.444 e. The van der Waals surface area contributed by atoms with Gasteiger partial charge in [0.1, 0.15) is 5.60 Å². The molecule has 2 aromatic rings. The maximum absolute atomic E-state index is 11.5. The van der Waals surface area contributed by atoms with Crippen LogP contribution in [0.3, 0.4) is 0 Å². The molecule has 1 heterocycles. The lowest BCUT2D eigenvalue weighted by Crippen LogP contribution is -2.32. The van der Waals surface area contributed by atoms with Gasteiger partial charge in [0.15, 0.2) is 5.15 Å². The van der Waals surface area contributed by atoms with Crippen LogP contribution in [-0.2, 0) is 9.47 Å². The molecule has 2 rings (SSSR count). The van der Waals surface area contributed by atoms with Crippen LogP contribution in [0.15, 0.2) is 18.2 Å². The van der Waals surface area contributed by atoms with E-state index in [-0.39, 0.29) is 12.6 Å². The summed E-state index contributed by atoms with van der Waals surface area (Å²) in [5, 5.41) is 11.1. The number of nitrogens with one attached hydrogen (secondary N) is 2. The van der Waals surface area contributed by atoms with Gasteiger partial charge < -0.3 is 14.8 Å². The number of halogens is 1. The zero-order chi connectivity index (χ0) is 21.4. The highest BCUT2D eigenvalue weighted by Gasteiger charge is 2.22. The second-order valence-corrected chi connectivity index (χ2v) is 8.38. The van der Waals surface area contributed by atoms with Crippen LogP contribution in [0, 0.1) is 17.8 Å². The molecular weight excluding hydrogens is 390 g/mol. The zero-order valence-electron chi connectivity index (χ0n) is 17.8. The highest BCUT2D eigenvalue weighted by Crippen LogP contribution is 2.35. The van der Waals surface area contributed by atoms with Gasteiger partial charge in [-0.1, -0.05) is 36.6 Å². The molecule has 0 aliphatic heterocycles. The van der Waals surface area contributed by atoms with Crippen molar-refractivity contribution in [2.24, 2.45) is 5.92 Å². The number of ether oxygens (including phenoxy) is 2. The van der Waals surface area contributed by atoms with Crippen LogP contribution in [0.25, 0.3) is 10.9 Å². The van der Waals surface area contributed by atoms with E-state index in [0.717, 1.165) is 35.7 Å². The molecule has 0 radical (unpaired) electrons. The molecule has 0 fully saturated rings. The van der Waals surface area contributed by atoms with E-state index in [4.69, 9.17) is 21.1 Å². The molecule has 2 atom stereocenters. The number of carbonyl (C=O) groups excluding carboxylic acids is 1. The first-order valence-electron chi connectivity index (χ1n) is 9.80. The number of rotatable bonds is 7. The van der Waals surface area contributed by atoms with Crippen molar-refractivity contribution in [1.82, 2.24) is 15.5 Å². The summed E-state index contributed by atoms with van der Waals surface area (Å²) in [6, 6.07) is 5.97. The number of H-pyrrole nitrogens is 1. The van der Waals surface area contributed by atoms with Crippen molar-refractivity contribution in [1.29, 1.82) is 0 Å². The van der Waals surface area contributed by atoms with Gasteiger partial charge in [-0.3, -0.25) is 5.10 Å².